The van der Waals surface area contributed by atoms with Crippen molar-refractivity contribution in [2.75, 3.05) is 13.6 Å². The minimum Gasteiger partial charge on any atom is -0.316 e. The number of rotatable bonds is 4. The molecule has 0 aliphatic heterocycles. The van der Waals surface area contributed by atoms with Crippen molar-refractivity contribution in [3.8, 4) is 0 Å². The fraction of sp³-hybridized carbons (Fsp3) is 0.500. The highest BCUT2D eigenvalue weighted by Gasteiger charge is 2.17. The van der Waals surface area contributed by atoms with Gasteiger partial charge in [-0.1, -0.05) is 60.7 Å². The molecule has 1 nitrogen and oxygen atoms in total. The second-order valence-electron chi connectivity index (χ2n) is 5.11. The third kappa shape index (κ3) is 3.60. The molecule has 2 heteroatoms. The van der Waals surface area contributed by atoms with Gasteiger partial charge in [0.15, 0.2) is 0 Å². The van der Waals surface area contributed by atoms with Gasteiger partial charge >= 0.3 is 0 Å². The van der Waals surface area contributed by atoms with Crippen LogP contribution in [0.25, 0.3) is 6.08 Å². The zero-order valence-electron chi connectivity index (χ0n) is 11.1. The molecule has 1 aliphatic rings. The number of hydrogen-bond acceptors (Lipinski definition) is 1. The van der Waals surface area contributed by atoms with Crippen LogP contribution in [-0.4, -0.2) is 13.6 Å². The lowest BCUT2D eigenvalue weighted by Crippen LogP contribution is -2.19. The summed E-state index contributed by atoms with van der Waals surface area (Å²) in [5.74, 6) is 0.738. The molecule has 0 bridgehead atoms. The molecule has 18 heavy (non-hydrogen) atoms. The highest BCUT2D eigenvalue weighted by Crippen LogP contribution is 2.31. The second-order valence-corrected chi connectivity index (χ2v) is 5.51. The average molecular weight is 264 g/mol. The van der Waals surface area contributed by atoms with Gasteiger partial charge in [0.25, 0.3) is 0 Å². The summed E-state index contributed by atoms with van der Waals surface area (Å²) in [4.78, 5) is 0. The topological polar surface area (TPSA) is 12.0 Å². The van der Waals surface area contributed by atoms with Crippen molar-refractivity contribution in [1.29, 1.82) is 0 Å². The third-order valence-electron chi connectivity index (χ3n) is 3.76. The maximum atomic E-state index is 6.24. The molecule has 0 heterocycles. The van der Waals surface area contributed by atoms with E-state index in [0.29, 0.717) is 0 Å². The Bertz CT molecular complexity index is 405. The van der Waals surface area contributed by atoms with Crippen molar-refractivity contribution < 1.29 is 0 Å². The Kier molecular flexibility index (Phi) is 5.27. The first-order chi connectivity index (χ1) is 8.81. The summed E-state index contributed by atoms with van der Waals surface area (Å²) in [6.45, 7) is 0.968. The maximum absolute atomic E-state index is 6.24. The molecule has 1 aliphatic carbocycles. The molecule has 1 N–H and O–H groups in total. The van der Waals surface area contributed by atoms with E-state index in [4.69, 9.17) is 11.6 Å². The summed E-state index contributed by atoms with van der Waals surface area (Å²) in [6, 6.07) is 8.10. The summed E-state index contributed by atoms with van der Waals surface area (Å²) in [6.07, 6.45) is 9.09. The zero-order chi connectivity index (χ0) is 12.8. The van der Waals surface area contributed by atoms with Gasteiger partial charge < -0.3 is 5.32 Å². The molecule has 0 spiro atoms. The predicted molar refractivity (Wildman–Crippen MR) is 79.9 cm³/mol. The van der Waals surface area contributed by atoms with Gasteiger partial charge in [-0.25, -0.2) is 0 Å². The molecule has 0 saturated heterocycles. The van der Waals surface area contributed by atoms with Crippen LogP contribution in [0.1, 0.15) is 37.7 Å². The van der Waals surface area contributed by atoms with Gasteiger partial charge in [-0.3, -0.25) is 0 Å². The summed E-state index contributed by atoms with van der Waals surface area (Å²) in [5.41, 5.74) is 2.65. The third-order valence-corrected chi connectivity index (χ3v) is 4.10. The van der Waals surface area contributed by atoms with Crippen LogP contribution in [-0.2, 0) is 0 Å². The molecule has 1 fully saturated rings. The van der Waals surface area contributed by atoms with Gasteiger partial charge in [0.1, 0.15) is 0 Å². The minimum atomic E-state index is 0.738. The molecule has 0 atom stereocenters. The normalized spacial score (nSPS) is 18.0. The van der Waals surface area contributed by atoms with E-state index in [0.717, 1.165) is 23.0 Å². The van der Waals surface area contributed by atoms with Crippen LogP contribution < -0.4 is 5.32 Å². The molecular formula is C16H22ClN. The Labute approximate surface area is 115 Å². The molecule has 2 rings (SSSR count). The molecule has 1 saturated carbocycles. The second kappa shape index (κ2) is 6.96. The lowest BCUT2D eigenvalue weighted by atomic mass is 9.83. The largest absolute Gasteiger partial charge is 0.316 e. The van der Waals surface area contributed by atoms with E-state index in [1.807, 2.05) is 19.2 Å². The van der Waals surface area contributed by atoms with Crippen molar-refractivity contribution in [2.24, 2.45) is 5.92 Å². The highest BCUT2D eigenvalue weighted by atomic mass is 35.5. The van der Waals surface area contributed by atoms with Crippen LogP contribution >= 0.6 is 11.6 Å². The van der Waals surface area contributed by atoms with E-state index >= 15 is 0 Å². The maximum Gasteiger partial charge on any atom is 0.0478 e. The average Bonchev–Trinajstić information content (AvgIpc) is 2.42. The fourth-order valence-corrected chi connectivity index (χ4v) is 2.97. The van der Waals surface area contributed by atoms with Crippen molar-refractivity contribution >= 4 is 17.7 Å². The summed E-state index contributed by atoms with van der Waals surface area (Å²) in [5, 5.41) is 4.14. The number of benzene rings is 1. The molecule has 0 radical (unpaired) electrons. The molecule has 0 amide bonds. The van der Waals surface area contributed by atoms with Gasteiger partial charge in [0.05, 0.1) is 0 Å². The Morgan fingerprint density at radius 2 is 2.00 bits per heavy atom. The van der Waals surface area contributed by atoms with Crippen LogP contribution in [0, 0.1) is 5.92 Å². The Hall–Kier alpha value is -0.790. The van der Waals surface area contributed by atoms with Crippen LogP contribution in [0.3, 0.4) is 0 Å². The molecule has 1 aromatic carbocycles. The SMILES string of the molecule is CNCC(=Cc1ccccc1Cl)C1CCCCC1. The minimum absolute atomic E-state index is 0.738. The Balaban J connectivity index is 2.20. The lowest BCUT2D eigenvalue weighted by Gasteiger charge is -2.24. The number of halogens is 1. The predicted octanol–water partition coefficient (Wildman–Crippen LogP) is 4.52. The van der Waals surface area contributed by atoms with Gasteiger partial charge in [-0.05, 0) is 37.4 Å². The smallest absolute Gasteiger partial charge is 0.0478 e. The summed E-state index contributed by atoms with van der Waals surface area (Å²) in [7, 11) is 2.02. The fourth-order valence-electron chi connectivity index (χ4n) is 2.78. The van der Waals surface area contributed by atoms with Crippen molar-refractivity contribution in [3.63, 3.8) is 0 Å². The van der Waals surface area contributed by atoms with Gasteiger partial charge in [-0.2, -0.15) is 0 Å². The van der Waals surface area contributed by atoms with Crippen LogP contribution in [0.4, 0.5) is 0 Å². The van der Waals surface area contributed by atoms with E-state index in [1.54, 1.807) is 0 Å². The van der Waals surface area contributed by atoms with E-state index in [9.17, 15) is 0 Å². The summed E-state index contributed by atoms with van der Waals surface area (Å²) >= 11 is 6.24. The first-order valence-corrected chi connectivity index (χ1v) is 7.28. The van der Waals surface area contributed by atoms with E-state index in [1.165, 1.54) is 37.7 Å². The monoisotopic (exact) mass is 263 g/mol. The van der Waals surface area contributed by atoms with Crippen molar-refractivity contribution in [1.82, 2.24) is 5.32 Å². The quantitative estimate of drug-likeness (QED) is 0.842. The standard InChI is InChI=1S/C16H22ClN/c1-18-12-15(13-7-3-2-4-8-13)11-14-9-5-6-10-16(14)17/h5-6,9-11,13,18H,2-4,7-8,12H2,1H3. The Morgan fingerprint density at radius 3 is 2.67 bits per heavy atom. The van der Waals surface area contributed by atoms with Gasteiger partial charge in [0, 0.05) is 11.6 Å². The molecular weight excluding hydrogens is 242 g/mol. The van der Waals surface area contributed by atoms with E-state index in [-0.39, 0.29) is 0 Å². The van der Waals surface area contributed by atoms with Gasteiger partial charge in [-0.15, -0.1) is 0 Å². The van der Waals surface area contributed by atoms with Crippen LogP contribution in [0.5, 0.6) is 0 Å². The molecule has 0 aromatic heterocycles. The van der Waals surface area contributed by atoms with Gasteiger partial charge in [0.2, 0.25) is 0 Å². The van der Waals surface area contributed by atoms with Crippen LogP contribution in [0.15, 0.2) is 29.8 Å². The van der Waals surface area contributed by atoms with Crippen LogP contribution in [0.2, 0.25) is 5.02 Å². The first kappa shape index (κ1) is 13.6. The van der Waals surface area contributed by atoms with Crippen molar-refractivity contribution in [3.05, 3.63) is 40.4 Å². The Morgan fingerprint density at radius 1 is 1.28 bits per heavy atom. The lowest BCUT2D eigenvalue weighted by molar-refractivity contribution is 0.398. The first-order valence-electron chi connectivity index (χ1n) is 6.91. The molecule has 98 valence electrons. The molecule has 1 aromatic rings. The number of nitrogens with one attached hydrogen (secondary N) is 1. The summed E-state index contributed by atoms with van der Waals surface area (Å²) < 4.78 is 0. The zero-order valence-corrected chi connectivity index (χ0v) is 11.8. The molecule has 0 unspecified atom stereocenters. The number of likely N-dealkylation sites (N-methyl/N-ethyl adjacent to an activating group) is 1. The van der Waals surface area contributed by atoms with E-state index < -0.39 is 0 Å². The highest BCUT2D eigenvalue weighted by molar-refractivity contribution is 6.32. The van der Waals surface area contributed by atoms with E-state index in [2.05, 4.69) is 23.5 Å². The number of hydrogen-bond donors (Lipinski definition) is 1. The van der Waals surface area contributed by atoms with Crippen molar-refractivity contribution in [2.45, 2.75) is 32.1 Å².